The molecule has 0 amide bonds. The van der Waals surface area contributed by atoms with E-state index in [0.717, 1.165) is 12.4 Å². The van der Waals surface area contributed by atoms with Crippen molar-refractivity contribution >= 4 is 5.82 Å². The number of ether oxygens (including phenoxy) is 1. The number of nitrogens with zero attached hydrogens (tertiary/aromatic N) is 3. The first-order chi connectivity index (χ1) is 7.70. The average molecular weight is 223 g/mol. The molecule has 0 saturated carbocycles. The van der Waals surface area contributed by atoms with Crippen LogP contribution >= 0.6 is 0 Å². The number of rotatable bonds is 2. The maximum Gasteiger partial charge on any atom is 0.147 e. The maximum absolute atomic E-state index is 8.90. The Morgan fingerprint density at radius 3 is 2.88 bits per heavy atom. The first-order valence-corrected chi connectivity index (χ1v) is 5.50. The van der Waals surface area contributed by atoms with Crippen molar-refractivity contribution in [3.63, 3.8) is 0 Å². The summed E-state index contributed by atoms with van der Waals surface area (Å²) >= 11 is 0. The summed E-state index contributed by atoms with van der Waals surface area (Å²) < 4.78 is 5.56. The van der Waals surface area contributed by atoms with Gasteiger partial charge in [0.25, 0.3) is 0 Å². The first kappa shape index (κ1) is 11.3. The van der Waals surface area contributed by atoms with Crippen molar-refractivity contribution in [3.8, 4) is 0 Å². The molecule has 2 rings (SSSR count). The van der Waals surface area contributed by atoms with Crippen molar-refractivity contribution in [2.24, 2.45) is 0 Å². The highest BCUT2D eigenvalue weighted by atomic mass is 16.5. The Morgan fingerprint density at radius 2 is 2.25 bits per heavy atom. The predicted molar refractivity (Wildman–Crippen MR) is 60.2 cm³/mol. The lowest BCUT2D eigenvalue weighted by molar-refractivity contribution is 0.0340. The summed E-state index contributed by atoms with van der Waals surface area (Å²) in [6, 6.07) is 0.311. The molecule has 2 heterocycles. The highest BCUT2D eigenvalue weighted by Gasteiger charge is 2.24. The molecule has 0 aliphatic carbocycles. The largest absolute Gasteiger partial charge is 0.390 e. The number of hydrogen-bond acceptors (Lipinski definition) is 5. The molecule has 1 aliphatic heterocycles. The molecule has 0 radical (unpaired) electrons. The smallest absolute Gasteiger partial charge is 0.147 e. The van der Waals surface area contributed by atoms with Crippen molar-refractivity contribution in [1.82, 2.24) is 9.97 Å². The Morgan fingerprint density at radius 1 is 1.44 bits per heavy atom. The third-order valence-electron chi connectivity index (χ3n) is 2.76. The van der Waals surface area contributed by atoms with E-state index in [4.69, 9.17) is 9.84 Å². The van der Waals surface area contributed by atoms with E-state index in [1.54, 1.807) is 12.4 Å². The van der Waals surface area contributed by atoms with E-state index in [2.05, 4.69) is 28.7 Å². The highest BCUT2D eigenvalue weighted by Crippen LogP contribution is 2.18. The third-order valence-corrected chi connectivity index (χ3v) is 2.76. The number of hydrogen-bond donors (Lipinski definition) is 1. The Labute approximate surface area is 95.1 Å². The van der Waals surface area contributed by atoms with Crippen LogP contribution in [0.25, 0.3) is 0 Å². The molecule has 5 nitrogen and oxygen atoms in total. The third kappa shape index (κ3) is 2.31. The van der Waals surface area contributed by atoms with Gasteiger partial charge in [0.15, 0.2) is 0 Å². The van der Waals surface area contributed by atoms with Crippen molar-refractivity contribution in [2.45, 2.75) is 32.6 Å². The van der Waals surface area contributed by atoms with Crippen molar-refractivity contribution < 1.29 is 9.84 Å². The summed E-state index contributed by atoms with van der Waals surface area (Å²) in [4.78, 5) is 10.6. The van der Waals surface area contributed by atoms with Crippen molar-refractivity contribution in [1.29, 1.82) is 0 Å². The lowest BCUT2D eigenvalue weighted by Crippen LogP contribution is -2.47. The van der Waals surface area contributed by atoms with Crippen LogP contribution in [-0.2, 0) is 11.3 Å². The second-order valence-corrected chi connectivity index (χ2v) is 4.17. The predicted octanol–water partition coefficient (Wildman–Crippen LogP) is 0.583. The molecule has 1 fully saturated rings. The molecule has 1 saturated heterocycles. The molecule has 2 atom stereocenters. The van der Waals surface area contributed by atoms with Crippen LogP contribution in [0.3, 0.4) is 0 Å². The SMILES string of the molecule is CC1CN(c2cnc(CO)cn2)C(C)CO1. The van der Waals surface area contributed by atoms with Crippen LogP contribution in [0.5, 0.6) is 0 Å². The molecule has 16 heavy (non-hydrogen) atoms. The number of morpholine rings is 1. The van der Waals surface area contributed by atoms with Crippen LogP contribution in [0, 0.1) is 0 Å². The van der Waals surface area contributed by atoms with Crippen LogP contribution in [-0.4, -0.2) is 40.4 Å². The van der Waals surface area contributed by atoms with Gasteiger partial charge in [-0.15, -0.1) is 0 Å². The lowest BCUT2D eigenvalue weighted by Gasteiger charge is -2.37. The molecule has 1 aromatic heterocycles. The monoisotopic (exact) mass is 223 g/mol. The average Bonchev–Trinajstić information content (AvgIpc) is 2.32. The van der Waals surface area contributed by atoms with Crippen LogP contribution in [0.2, 0.25) is 0 Å². The van der Waals surface area contributed by atoms with Gasteiger partial charge < -0.3 is 14.7 Å². The van der Waals surface area contributed by atoms with E-state index in [9.17, 15) is 0 Å². The molecule has 2 unspecified atom stereocenters. The van der Waals surface area contributed by atoms with Gasteiger partial charge in [-0.25, -0.2) is 4.98 Å². The minimum Gasteiger partial charge on any atom is -0.390 e. The summed E-state index contributed by atoms with van der Waals surface area (Å²) in [5.74, 6) is 0.847. The molecule has 88 valence electrons. The molecule has 0 aromatic carbocycles. The molecule has 1 aliphatic rings. The van der Waals surface area contributed by atoms with E-state index in [-0.39, 0.29) is 12.7 Å². The second kappa shape index (κ2) is 4.76. The fourth-order valence-corrected chi connectivity index (χ4v) is 1.80. The Hall–Kier alpha value is -1.20. The molecular formula is C11H17N3O2. The minimum absolute atomic E-state index is 0.0671. The van der Waals surface area contributed by atoms with Crippen LogP contribution in [0.4, 0.5) is 5.82 Å². The quantitative estimate of drug-likeness (QED) is 0.795. The standard InChI is InChI=1S/C11H17N3O2/c1-8-7-16-9(2)5-14(8)11-4-12-10(6-15)3-13-11/h3-4,8-9,15H,5-7H2,1-2H3. The second-order valence-electron chi connectivity index (χ2n) is 4.17. The van der Waals surface area contributed by atoms with E-state index in [1.807, 2.05) is 0 Å². The molecule has 5 heteroatoms. The van der Waals surface area contributed by atoms with Gasteiger partial charge >= 0.3 is 0 Å². The normalized spacial score (nSPS) is 25.8. The van der Waals surface area contributed by atoms with Crippen molar-refractivity contribution in [3.05, 3.63) is 18.1 Å². The van der Waals surface area contributed by atoms with Crippen LogP contribution < -0.4 is 4.90 Å². The molecular weight excluding hydrogens is 206 g/mol. The van der Waals surface area contributed by atoms with Gasteiger partial charge in [0, 0.05) is 6.54 Å². The van der Waals surface area contributed by atoms with Crippen LogP contribution in [0.15, 0.2) is 12.4 Å². The Kier molecular flexibility index (Phi) is 3.36. The van der Waals surface area contributed by atoms with E-state index in [0.29, 0.717) is 18.3 Å². The summed E-state index contributed by atoms with van der Waals surface area (Å²) in [6.07, 6.45) is 3.54. The fraction of sp³-hybridized carbons (Fsp3) is 0.636. The summed E-state index contributed by atoms with van der Waals surface area (Å²) in [5.41, 5.74) is 0.595. The molecule has 0 spiro atoms. The van der Waals surface area contributed by atoms with E-state index < -0.39 is 0 Å². The summed E-state index contributed by atoms with van der Waals surface area (Å²) in [6.45, 7) is 5.63. The number of aliphatic hydroxyl groups excluding tert-OH is 1. The Balaban J connectivity index is 2.15. The van der Waals surface area contributed by atoms with Gasteiger partial charge in [0.2, 0.25) is 0 Å². The number of anilines is 1. The highest BCUT2D eigenvalue weighted by molar-refractivity contribution is 5.38. The van der Waals surface area contributed by atoms with E-state index >= 15 is 0 Å². The van der Waals surface area contributed by atoms with Gasteiger partial charge in [-0.3, -0.25) is 4.98 Å². The van der Waals surface area contributed by atoms with Gasteiger partial charge in [-0.05, 0) is 13.8 Å². The molecule has 1 aromatic rings. The van der Waals surface area contributed by atoms with Gasteiger partial charge in [0.1, 0.15) is 5.82 Å². The zero-order valence-electron chi connectivity index (χ0n) is 9.63. The van der Waals surface area contributed by atoms with Gasteiger partial charge in [-0.1, -0.05) is 0 Å². The van der Waals surface area contributed by atoms with Crippen LogP contribution in [0.1, 0.15) is 19.5 Å². The molecule has 1 N–H and O–H groups in total. The summed E-state index contributed by atoms with van der Waals surface area (Å²) in [5, 5.41) is 8.90. The lowest BCUT2D eigenvalue weighted by atomic mass is 10.2. The maximum atomic E-state index is 8.90. The zero-order valence-corrected chi connectivity index (χ0v) is 9.63. The minimum atomic E-state index is -0.0671. The Bertz CT molecular complexity index is 342. The van der Waals surface area contributed by atoms with Crippen molar-refractivity contribution in [2.75, 3.05) is 18.1 Å². The van der Waals surface area contributed by atoms with Gasteiger partial charge in [-0.2, -0.15) is 0 Å². The van der Waals surface area contributed by atoms with Gasteiger partial charge in [0.05, 0.1) is 43.4 Å². The zero-order chi connectivity index (χ0) is 11.5. The number of aromatic nitrogens is 2. The first-order valence-electron chi connectivity index (χ1n) is 5.50. The fourth-order valence-electron chi connectivity index (χ4n) is 1.80. The number of aliphatic hydroxyl groups is 1. The molecule has 0 bridgehead atoms. The summed E-state index contributed by atoms with van der Waals surface area (Å²) in [7, 11) is 0. The topological polar surface area (TPSA) is 58.5 Å². The van der Waals surface area contributed by atoms with E-state index in [1.165, 1.54) is 0 Å².